The highest BCUT2D eigenvalue weighted by molar-refractivity contribution is 5.63. The summed E-state index contributed by atoms with van der Waals surface area (Å²) in [5.41, 5.74) is 3.46. The van der Waals surface area contributed by atoms with Gasteiger partial charge in [-0.1, -0.05) is 42.5 Å². The Kier molecular flexibility index (Phi) is 3.50. The Hall–Kier alpha value is -2.55. The van der Waals surface area contributed by atoms with E-state index in [-0.39, 0.29) is 0 Å². The van der Waals surface area contributed by atoms with Crippen molar-refractivity contribution in [2.75, 3.05) is 0 Å². The average molecular weight is 264 g/mol. The molecule has 0 saturated heterocycles. The molecule has 3 rings (SSSR count). The van der Waals surface area contributed by atoms with E-state index in [4.69, 9.17) is 4.74 Å². The Morgan fingerprint density at radius 1 is 0.950 bits per heavy atom. The molecule has 1 aromatic heterocycles. The molecule has 0 bridgehead atoms. The lowest BCUT2D eigenvalue weighted by molar-refractivity contribution is 0.297. The van der Waals surface area contributed by atoms with Gasteiger partial charge in [0.25, 0.3) is 0 Å². The number of aryl methyl sites for hydroxylation is 1. The van der Waals surface area contributed by atoms with Crippen LogP contribution in [0.4, 0.5) is 0 Å². The summed E-state index contributed by atoms with van der Waals surface area (Å²) >= 11 is 0. The average Bonchev–Trinajstić information content (AvgIpc) is 2.92. The highest BCUT2D eigenvalue weighted by atomic mass is 16.5. The summed E-state index contributed by atoms with van der Waals surface area (Å²) in [6, 6.07) is 18.5. The lowest BCUT2D eigenvalue weighted by Crippen LogP contribution is -2.00. The van der Waals surface area contributed by atoms with Gasteiger partial charge in [-0.25, -0.2) is 4.98 Å². The second-order valence-corrected chi connectivity index (χ2v) is 4.67. The number of benzene rings is 2. The number of hydrogen-bond donors (Lipinski definition) is 0. The molecule has 0 aliphatic rings. The van der Waals surface area contributed by atoms with Gasteiger partial charge in [-0.3, -0.25) is 0 Å². The van der Waals surface area contributed by atoms with Gasteiger partial charge < -0.3 is 9.30 Å². The topological polar surface area (TPSA) is 27.1 Å². The van der Waals surface area contributed by atoms with E-state index in [0.29, 0.717) is 6.61 Å². The first kappa shape index (κ1) is 12.5. The molecule has 0 amide bonds. The van der Waals surface area contributed by atoms with E-state index in [1.54, 1.807) is 6.33 Å². The molecule has 0 spiro atoms. The largest absolute Gasteiger partial charge is 0.487 e. The van der Waals surface area contributed by atoms with E-state index < -0.39 is 0 Å². The maximum atomic E-state index is 5.76. The van der Waals surface area contributed by atoms with Crippen LogP contribution in [-0.4, -0.2) is 9.55 Å². The molecular weight excluding hydrogens is 248 g/mol. The monoisotopic (exact) mass is 264 g/mol. The first-order valence-electron chi connectivity index (χ1n) is 6.56. The fourth-order valence-electron chi connectivity index (χ4n) is 2.06. The molecule has 2 aromatic carbocycles. The van der Waals surface area contributed by atoms with Crippen molar-refractivity contribution in [2.24, 2.45) is 7.05 Å². The normalized spacial score (nSPS) is 10.4. The first-order chi connectivity index (χ1) is 9.83. The summed E-state index contributed by atoms with van der Waals surface area (Å²) in [7, 11) is 1.96. The number of rotatable bonds is 4. The summed E-state index contributed by atoms with van der Waals surface area (Å²) in [5.74, 6) is 0.867. The molecule has 0 N–H and O–H groups in total. The maximum absolute atomic E-state index is 5.76. The molecule has 100 valence electrons. The Balaban J connectivity index is 1.69. The molecule has 0 atom stereocenters. The quantitative estimate of drug-likeness (QED) is 0.719. The van der Waals surface area contributed by atoms with Crippen LogP contribution in [0.1, 0.15) is 5.69 Å². The van der Waals surface area contributed by atoms with E-state index in [1.807, 2.05) is 48.1 Å². The molecular formula is C17H16N2O. The van der Waals surface area contributed by atoms with E-state index in [2.05, 4.69) is 29.2 Å². The third kappa shape index (κ3) is 2.72. The molecule has 0 aliphatic heterocycles. The van der Waals surface area contributed by atoms with Crippen LogP contribution in [0.2, 0.25) is 0 Å². The Morgan fingerprint density at radius 2 is 1.65 bits per heavy atom. The van der Waals surface area contributed by atoms with Crippen molar-refractivity contribution in [3.05, 3.63) is 72.8 Å². The number of imidazole rings is 1. The lowest BCUT2D eigenvalue weighted by atomic mass is 10.1. The van der Waals surface area contributed by atoms with Crippen molar-refractivity contribution >= 4 is 0 Å². The lowest BCUT2D eigenvalue weighted by Gasteiger charge is -2.07. The molecule has 3 nitrogen and oxygen atoms in total. The van der Waals surface area contributed by atoms with Crippen LogP contribution >= 0.6 is 0 Å². The van der Waals surface area contributed by atoms with E-state index in [0.717, 1.165) is 11.4 Å². The number of aromatic nitrogens is 2. The minimum Gasteiger partial charge on any atom is -0.487 e. The van der Waals surface area contributed by atoms with Crippen LogP contribution in [0.3, 0.4) is 0 Å². The first-order valence-corrected chi connectivity index (χ1v) is 6.56. The Morgan fingerprint density at radius 3 is 2.30 bits per heavy atom. The smallest absolute Gasteiger partial charge is 0.130 e. The number of hydrogen-bond acceptors (Lipinski definition) is 2. The molecule has 1 heterocycles. The summed E-state index contributed by atoms with van der Waals surface area (Å²) in [4.78, 5) is 4.07. The van der Waals surface area contributed by atoms with Crippen LogP contribution in [0.5, 0.6) is 5.75 Å². The Bertz CT molecular complexity index is 672. The third-order valence-corrected chi connectivity index (χ3v) is 3.26. The zero-order chi connectivity index (χ0) is 13.8. The predicted octanol–water partition coefficient (Wildman–Crippen LogP) is 3.67. The molecule has 0 aliphatic carbocycles. The van der Waals surface area contributed by atoms with Gasteiger partial charge in [0.15, 0.2) is 0 Å². The minimum absolute atomic E-state index is 0.529. The molecule has 20 heavy (non-hydrogen) atoms. The third-order valence-electron chi connectivity index (χ3n) is 3.26. The van der Waals surface area contributed by atoms with Crippen molar-refractivity contribution in [3.63, 3.8) is 0 Å². The van der Waals surface area contributed by atoms with Crippen LogP contribution in [-0.2, 0) is 13.7 Å². The van der Waals surface area contributed by atoms with Gasteiger partial charge in [0.05, 0.1) is 18.2 Å². The van der Waals surface area contributed by atoms with Gasteiger partial charge in [-0.2, -0.15) is 0 Å². The van der Waals surface area contributed by atoms with Crippen molar-refractivity contribution in [2.45, 2.75) is 6.61 Å². The van der Waals surface area contributed by atoms with E-state index in [1.165, 1.54) is 11.1 Å². The summed E-state index contributed by atoms with van der Waals surface area (Å²) in [6.45, 7) is 0.529. The summed E-state index contributed by atoms with van der Waals surface area (Å²) in [6.07, 6.45) is 3.59. The van der Waals surface area contributed by atoms with Crippen LogP contribution < -0.4 is 4.74 Å². The van der Waals surface area contributed by atoms with Gasteiger partial charge in [0, 0.05) is 7.05 Å². The van der Waals surface area contributed by atoms with Crippen LogP contribution in [0.25, 0.3) is 11.1 Å². The van der Waals surface area contributed by atoms with Crippen molar-refractivity contribution in [1.29, 1.82) is 0 Å². The van der Waals surface area contributed by atoms with Gasteiger partial charge in [0.2, 0.25) is 0 Å². The standard InChI is InChI=1S/C17H16N2O/c1-19-13-18-11-16(19)12-20-17-9-7-15(8-10-17)14-5-3-2-4-6-14/h2-11,13H,12H2,1H3. The maximum Gasteiger partial charge on any atom is 0.130 e. The highest BCUT2D eigenvalue weighted by Crippen LogP contribution is 2.22. The fraction of sp³-hybridized carbons (Fsp3) is 0.118. The zero-order valence-electron chi connectivity index (χ0n) is 11.4. The molecule has 0 unspecified atom stereocenters. The van der Waals surface area contributed by atoms with Gasteiger partial charge in [-0.05, 0) is 23.3 Å². The molecule has 3 heteroatoms. The highest BCUT2D eigenvalue weighted by Gasteiger charge is 2.01. The van der Waals surface area contributed by atoms with Crippen molar-refractivity contribution < 1.29 is 4.74 Å². The van der Waals surface area contributed by atoms with Gasteiger partial charge in [-0.15, -0.1) is 0 Å². The fourth-order valence-corrected chi connectivity index (χ4v) is 2.06. The van der Waals surface area contributed by atoms with Crippen molar-refractivity contribution in [1.82, 2.24) is 9.55 Å². The number of ether oxygens (including phenoxy) is 1. The molecule has 0 radical (unpaired) electrons. The number of nitrogens with zero attached hydrogens (tertiary/aromatic N) is 2. The van der Waals surface area contributed by atoms with E-state index >= 15 is 0 Å². The zero-order valence-corrected chi connectivity index (χ0v) is 11.4. The predicted molar refractivity (Wildman–Crippen MR) is 79.4 cm³/mol. The minimum atomic E-state index is 0.529. The van der Waals surface area contributed by atoms with Crippen LogP contribution in [0.15, 0.2) is 67.1 Å². The van der Waals surface area contributed by atoms with E-state index in [9.17, 15) is 0 Å². The second-order valence-electron chi connectivity index (χ2n) is 4.67. The molecule has 0 saturated carbocycles. The molecule has 0 fully saturated rings. The van der Waals surface area contributed by atoms with Gasteiger partial charge in [0.1, 0.15) is 12.4 Å². The summed E-state index contributed by atoms with van der Waals surface area (Å²) in [5, 5.41) is 0. The Labute approximate surface area is 118 Å². The SMILES string of the molecule is Cn1cncc1COc1ccc(-c2ccccc2)cc1. The summed E-state index contributed by atoms with van der Waals surface area (Å²) < 4.78 is 7.72. The second kappa shape index (κ2) is 5.61. The van der Waals surface area contributed by atoms with Crippen LogP contribution in [0, 0.1) is 0 Å². The molecule has 3 aromatic rings. The van der Waals surface area contributed by atoms with Crippen molar-refractivity contribution in [3.8, 4) is 16.9 Å². The van der Waals surface area contributed by atoms with Gasteiger partial charge >= 0.3 is 0 Å².